The Morgan fingerprint density at radius 3 is 2.72 bits per heavy atom. The first-order valence-corrected chi connectivity index (χ1v) is 7.93. The second-order valence-corrected chi connectivity index (χ2v) is 5.85. The average Bonchev–Trinajstić information content (AvgIpc) is 2.59. The van der Waals surface area contributed by atoms with Gasteiger partial charge in [0.1, 0.15) is 11.3 Å². The highest BCUT2D eigenvalue weighted by atomic mass is 35.5. The van der Waals surface area contributed by atoms with Gasteiger partial charge < -0.3 is 15.0 Å². The fraction of sp³-hybridized carbons (Fsp3) is 0.0526. The van der Waals surface area contributed by atoms with Crippen molar-refractivity contribution in [3.63, 3.8) is 0 Å². The van der Waals surface area contributed by atoms with Crippen molar-refractivity contribution in [2.75, 3.05) is 5.32 Å². The maximum absolute atomic E-state index is 12.8. The highest BCUT2D eigenvalue weighted by molar-refractivity contribution is 6.31. The van der Waals surface area contributed by atoms with Gasteiger partial charge in [-0.05, 0) is 30.3 Å². The number of nitrogens with one attached hydrogen (secondary N) is 1. The molecule has 0 aliphatic heterocycles. The molecule has 0 saturated heterocycles. The zero-order valence-electron chi connectivity index (χ0n) is 13.2. The van der Waals surface area contributed by atoms with Crippen LogP contribution in [0.3, 0.4) is 0 Å². The van der Waals surface area contributed by atoms with Crippen molar-refractivity contribution in [1.82, 2.24) is 4.57 Å². The number of allylic oxidation sites excluding steroid dienone is 1. The average molecular weight is 355 g/mol. The van der Waals surface area contributed by atoms with Crippen molar-refractivity contribution in [2.24, 2.45) is 0 Å². The zero-order valence-corrected chi connectivity index (χ0v) is 14.0. The molecule has 0 bridgehead atoms. The number of carbonyl (C=O) groups is 1. The van der Waals surface area contributed by atoms with Gasteiger partial charge in [0.2, 0.25) is 0 Å². The molecule has 0 radical (unpaired) electrons. The van der Waals surface area contributed by atoms with Crippen LogP contribution in [0.15, 0.2) is 66.0 Å². The molecule has 2 N–H and O–H groups in total. The number of nitrogens with zero attached hydrogens (tertiary/aromatic N) is 1. The van der Waals surface area contributed by atoms with Crippen LogP contribution in [-0.4, -0.2) is 15.6 Å². The Labute approximate surface area is 148 Å². The first-order valence-electron chi connectivity index (χ1n) is 7.55. The number of aromatic hydroxyl groups is 1. The summed E-state index contributed by atoms with van der Waals surface area (Å²) in [7, 11) is 0. The SMILES string of the molecule is C=CCn1c(=O)c(C(=O)Nc2cccc(Cl)c2)c(O)c2ccccc21. The molecule has 3 rings (SSSR count). The van der Waals surface area contributed by atoms with Crippen LogP contribution in [0.1, 0.15) is 10.4 Å². The number of hydrogen-bond donors (Lipinski definition) is 2. The van der Waals surface area contributed by atoms with E-state index >= 15 is 0 Å². The van der Waals surface area contributed by atoms with E-state index in [1.807, 2.05) is 0 Å². The van der Waals surface area contributed by atoms with Crippen molar-refractivity contribution in [1.29, 1.82) is 0 Å². The molecule has 0 saturated carbocycles. The van der Waals surface area contributed by atoms with E-state index in [0.29, 0.717) is 21.6 Å². The Balaban J connectivity index is 2.16. The van der Waals surface area contributed by atoms with Crippen LogP contribution in [0.5, 0.6) is 5.75 Å². The first-order chi connectivity index (χ1) is 12.0. The largest absolute Gasteiger partial charge is 0.506 e. The van der Waals surface area contributed by atoms with Gasteiger partial charge in [-0.15, -0.1) is 6.58 Å². The first kappa shape index (κ1) is 16.8. The summed E-state index contributed by atoms with van der Waals surface area (Å²) in [5.41, 5.74) is 0.0556. The van der Waals surface area contributed by atoms with Crippen LogP contribution in [-0.2, 0) is 6.54 Å². The molecular formula is C19H15ClN2O3. The van der Waals surface area contributed by atoms with E-state index in [4.69, 9.17) is 11.6 Å². The summed E-state index contributed by atoms with van der Waals surface area (Å²) in [5.74, 6) is -1.05. The standard InChI is InChI=1S/C19H15ClN2O3/c1-2-10-22-15-9-4-3-8-14(15)17(23)16(19(22)25)18(24)21-13-7-5-6-12(20)11-13/h2-9,11,23H,1,10H2,(H,21,24). The van der Waals surface area contributed by atoms with Crippen molar-refractivity contribution in [2.45, 2.75) is 6.54 Å². The van der Waals surface area contributed by atoms with E-state index < -0.39 is 11.5 Å². The molecule has 5 nitrogen and oxygen atoms in total. The number of anilines is 1. The van der Waals surface area contributed by atoms with Gasteiger partial charge in [0.15, 0.2) is 0 Å². The van der Waals surface area contributed by atoms with Crippen molar-refractivity contribution >= 4 is 34.1 Å². The van der Waals surface area contributed by atoms with E-state index in [9.17, 15) is 14.7 Å². The predicted molar refractivity (Wildman–Crippen MR) is 99.5 cm³/mol. The third-order valence-electron chi connectivity index (χ3n) is 3.77. The smallest absolute Gasteiger partial charge is 0.268 e. The molecule has 25 heavy (non-hydrogen) atoms. The number of fused-ring (bicyclic) bond motifs is 1. The zero-order chi connectivity index (χ0) is 18.0. The van der Waals surface area contributed by atoms with E-state index in [1.165, 1.54) is 4.57 Å². The Morgan fingerprint density at radius 1 is 1.24 bits per heavy atom. The number of halogens is 1. The lowest BCUT2D eigenvalue weighted by molar-refractivity contribution is 0.102. The molecule has 2 aromatic carbocycles. The second-order valence-electron chi connectivity index (χ2n) is 5.41. The van der Waals surface area contributed by atoms with Gasteiger partial charge >= 0.3 is 0 Å². The molecule has 126 valence electrons. The molecule has 0 spiro atoms. The van der Waals surface area contributed by atoms with Gasteiger partial charge in [0, 0.05) is 22.6 Å². The molecule has 3 aromatic rings. The van der Waals surface area contributed by atoms with Gasteiger partial charge in [-0.2, -0.15) is 0 Å². The van der Waals surface area contributed by atoms with Crippen LogP contribution in [0.25, 0.3) is 10.9 Å². The van der Waals surface area contributed by atoms with Crippen LogP contribution in [0.2, 0.25) is 5.02 Å². The molecule has 1 aromatic heterocycles. The van der Waals surface area contributed by atoms with Crippen LogP contribution in [0.4, 0.5) is 5.69 Å². The lowest BCUT2D eigenvalue weighted by atomic mass is 10.1. The van der Waals surface area contributed by atoms with Crippen molar-refractivity contribution in [3.8, 4) is 5.75 Å². The van der Waals surface area contributed by atoms with E-state index in [-0.39, 0.29) is 17.9 Å². The molecule has 1 amide bonds. The molecule has 6 heteroatoms. The summed E-state index contributed by atoms with van der Waals surface area (Å²) >= 11 is 5.90. The molecular weight excluding hydrogens is 340 g/mol. The van der Waals surface area contributed by atoms with Gasteiger partial charge in [-0.25, -0.2) is 0 Å². The fourth-order valence-electron chi connectivity index (χ4n) is 2.66. The lowest BCUT2D eigenvalue weighted by Gasteiger charge is -2.14. The molecule has 0 atom stereocenters. The number of benzene rings is 2. The third-order valence-corrected chi connectivity index (χ3v) is 4.00. The number of pyridine rings is 1. The van der Waals surface area contributed by atoms with Crippen LogP contribution in [0, 0.1) is 0 Å². The summed E-state index contributed by atoms with van der Waals surface area (Å²) in [4.78, 5) is 25.4. The van der Waals surface area contributed by atoms with Gasteiger partial charge in [0.05, 0.1) is 5.52 Å². The van der Waals surface area contributed by atoms with Crippen LogP contribution < -0.4 is 10.9 Å². The molecule has 0 unspecified atom stereocenters. The summed E-state index contributed by atoms with van der Waals surface area (Å²) in [6, 6.07) is 13.4. The Kier molecular flexibility index (Phi) is 4.59. The van der Waals surface area contributed by atoms with Gasteiger partial charge in [-0.3, -0.25) is 9.59 Å². The van der Waals surface area contributed by atoms with Crippen LogP contribution >= 0.6 is 11.6 Å². The maximum Gasteiger partial charge on any atom is 0.268 e. The summed E-state index contributed by atoms with van der Waals surface area (Å²) in [6.45, 7) is 3.86. The molecule has 1 heterocycles. The summed E-state index contributed by atoms with van der Waals surface area (Å²) in [5, 5.41) is 14.0. The number of aromatic nitrogens is 1. The van der Waals surface area contributed by atoms with E-state index in [0.717, 1.165) is 0 Å². The monoisotopic (exact) mass is 354 g/mol. The minimum atomic E-state index is -0.701. The van der Waals surface area contributed by atoms with E-state index in [2.05, 4.69) is 11.9 Å². The summed E-state index contributed by atoms with van der Waals surface area (Å²) in [6.07, 6.45) is 1.56. The Bertz CT molecular complexity index is 1040. The number of para-hydroxylation sites is 1. The highest BCUT2D eigenvalue weighted by Gasteiger charge is 2.22. The highest BCUT2D eigenvalue weighted by Crippen LogP contribution is 2.27. The number of rotatable bonds is 4. The minimum absolute atomic E-state index is 0.219. The molecule has 0 aliphatic carbocycles. The number of carbonyl (C=O) groups excluding carboxylic acids is 1. The van der Waals surface area contributed by atoms with Gasteiger partial charge in [0.25, 0.3) is 11.5 Å². The van der Waals surface area contributed by atoms with Crippen molar-refractivity contribution in [3.05, 3.63) is 82.1 Å². The Morgan fingerprint density at radius 2 is 2.00 bits per heavy atom. The Hall–Kier alpha value is -3.05. The third kappa shape index (κ3) is 3.14. The second kappa shape index (κ2) is 6.83. The predicted octanol–water partition coefficient (Wildman–Crippen LogP) is 3.80. The fourth-order valence-corrected chi connectivity index (χ4v) is 2.85. The minimum Gasteiger partial charge on any atom is -0.506 e. The van der Waals surface area contributed by atoms with Crippen molar-refractivity contribution < 1.29 is 9.90 Å². The number of amides is 1. The lowest BCUT2D eigenvalue weighted by Crippen LogP contribution is -2.29. The molecule has 0 fully saturated rings. The van der Waals surface area contributed by atoms with Gasteiger partial charge in [-0.1, -0.05) is 35.9 Å². The number of hydrogen-bond acceptors (Lipinski definition) is 3. The quantitative estimate of drug-likeness (QED) is 0.700. The topological polar surface area (TPSA) is 71.3 Å². The van der Waals surface area contributed by atoms with E-state index in [1.54, 1.807) is 54.6 Å². The summed E-state index contributed by atoms with van der Waals surface area (Å²) < 4.78 is 1.40. The molecule has 0 aliphatic rings. The normalized spacial score (nSPS) is 10.6. The maximum atomic E-state index is 12.8.